The van der Waals surface area contributed by atoms with Crippen molar-refractivity contribution in [2.75, 3.05) is 17.8 Å². The molecule has 0 atom stereocenters. The van der Waals surface area contributed by atoms with E-state index >= 15 is 0 Å². The highest BCUT2D eigenvalue weighted by atomic mass is 127. The van der Waals surface area contributed by atoms with Crippen LogP contribution in [0.15, 0.2) is 24.3 Å². The van der Waals surface area contributed by atoms with Gasteiger partial charge in [-0.2, -0.15) is 26.9 Å². The molecule has 0 bridgehead atoms. The molecule has 10 heteroatoms. The number of hydrogen-bond donors (Lipinski definition) is 1. The van der Waals surface area contributed by atoms with E-state index in [0.717, 1.165) is 31.5 Å². The van der Waals surface area contributed by atoms with Gasteiger partial charge in [0.05, 0.1) is 6.07 Å². The number of sulfonamides is 1. The maximum Gasteiger partial charge on any atom is 0.516 e. The number of benzene rings is 1. The van der Waals surface area contributed by atoms with Gasteiger partial charge in [0.15, 0.2) is 0 Å². The zero-order chi connectivity index (χ0) is 18.7. The lowest BCUT2D eigenvalue weighted by atomic mass is 9.94. The van der Waals surface area contributed by atoms with Crippen LogP contribution in [0.3, 0.4) is 0 Å². The van der Waals surface area contributed by atoms with E-state index in [1.807, 2.05) is 0 Å². The first-order valence-electron chi connectivity index (χ1n) is 7.51. The van der Waals surface area contributed by atoms with Gasteiger partial charge < -0.3 is 0 Å². The lowest BCUT2D eigenvalue weighted by molar-refractivity contribution is -0.0429. The Hall–Kier alpha value is -1.06. The maximum absolute atomic E-state index is 12.4. The van der Waals surface area contributed by atoms with Gasteiger partial charge >= 0.3 is 15.5 Å². The van der Waals surface area contributed by atoms with Crippen molar-refractivity contribution in [3.63, 3.8) is 0 Å². The monoisotopic (exact) mass is 487 g/mol. The molecule has 1 aromatic carbocycles. The third-order valence-electron chi connectivity index (χ3n) is 4.04. The van der Waals surface area contributed by atoms with Gasteiger partial charge in [0.1, 0.15) is 0 Å². The summed E-state index contributed by atoms with van der Waals surface area (Å²) in [5, 5.41) is 8.86. The van der Waals surface area contributed by atoms with E-state index in [0.29, 0.717) is 13.0 Å². The van der Waals surface area contributed by atoms with E-state index in [4.69, 9.17) is 5.26 Å². The lowest BCUT2D eigenvalue weighted by Gasteiger charge is -2.36. The Morgan fingerprint density at radius 2 is 1.96 bits per heavy atom. The molecule has 2 rings (SSSR count). The molecule has 5 nitrogen and oxygen atoms in total. The predicted octanol–water partition coefficient (Wildman–Crippen LogP) is 3.63. The molecule has 0 unspecified atom stereocenters. The van der Waals surface area contributed by atoms with Crippen molar-refractivity contribution in [3.8, 4) is 6.07 Å². The number of rotatable bonds is 5. The second-order valence-corrected chi connectivity index (χ2v) is 9.98. The van der Waals surface area contributed by atoms with Crippen LogP contribution in [0.4, 0.5) is 18.9 Å². The zero-order valence-electron chi connectivity index (χ0n) is 13.2. The lowest BCUT2D eigenvalue weighted by Crippen LogP contribution is -2.40. The molecule has 1 aromatic rings. The average molecular weight is 487 g/mol. The van der Waals surface area contributed by atoms with Crippen LogP contribution in [-0.2, 0) is 16.6 Å². The number of anilines is 1. The van der Waals surface area contributed by atoms with Crippen LogP contribution in [0.5, 0.6) is 0 Å². The molecule has 0 saturated carbocycles. The van der Waals surface area contributed by atoms with Crippen LogP contribution in [0.2, 0.25) is 0 Å². The molecule has 0 aromatic heterocycles. The van der Waals surface area contributed by atoms with Crippen LogP contribution in [0.1, 0.15) is 24.8 Å². The molecule has 0 aliphatic carbocycles. The predicted molar refractivity (Wildman–Crippen MR) is 96.5 cm³/mol. The number of nitrogens with zero attached hydrogens (tertiary/aromatic N) is 2. The summed E-state index contributed by atoms with van der Waals surface area (Å²) in [5.74, 6) is 0. The zero-order valence-corrected chi connectivity index (χ0v) is 16.2. The molecule has 1 aliphatic heterocycles. The molecule has 25 heavy (non-hydrogen) atoms. The fraction of sp³-hybridized carbons (Fsp3) is 0.533. The Morgan fingerprint density at radius 1 is 1.32 bits per heavy atom. The SMILES string of the molecule is N#CCC1(I)CCN(Cc2cccc(NS(=O)(=O)C(F)(F)F)c2)CC1. The molecule has 1 N–H and O–H groups in total. The number of likely N-dealkylation sites (tertiary alicyclic amines) is 1. The van der Waals surface area contributed by atoms with Crippen LogP contribution in [0.25, 0.3) is 0 Å². The summed E-state index contributed by atoms with van der Waals surface area (Å²) < 4.78 is 61.2. The Bertz CT molecular complexity index is 754. The van der Waals surface area contributed by atoms with Gasteiger partial charge in [-0.1, -0.05) is 34.7 Å². The van der Waals surface area contributed by atoms with E-state index in [2.05, 4.69) is 33.6 Å². The van der Waals surface area contributed by atoms with Crippen molar-refractivity contribution in [2.24, 2.45) is 0 Å². The third-order valence-corrected chi connectivity index (χ3v) is 6.61. The Balaban J connectivity index is 2.00. The molecule has 138 valence electrons. The van der Waals surface area contributed by atoms with Crippen molar-refractivity contribution >= 4 is 38.3 Å². The summed E-state index contributed by atoms with van der Waals surface area (Å²) in [4.78, 5) is 2.14. The molecule has 1 heterocycles. The number of hydrogen-bond acceptors (Lipinski definition) is 4. The minimum atomic E-state index is -5.42. The van der Waals surface area contributed by atoms with Gasteiger partial charge in [0.2, 0.25) is 0 Å². The fourth-order valence-electron chi connectivity index (χ4n) is 2.63. The Morgan fingerprint density at radius 3 is 2.52 bits per heavy atom. The van der Waals surface area contributed by atoms with Crippen LogP contribution >= 0.6 is 22.6 Å². The second kappa shape index (κ2) is 7.67. The van der Waals surface area contributed by atoms with E-state index in [1.54, 1.807) is 10.8 Å². The van der Waals surface area contributed by atoms with Gasteiger partial charge in [-0.25, -0.2) is 0 Å². The van der Waals surface area contributed by atoms with Crippen molar-refractivity contribution in [1.29, 1.82) is 5.26 Å². The number of halogens is 4. The molecular formula is C15H17F3IN3O2S. The van der Waals surface area contributed by atoms with E-state index < -0.39 is 15.5 Å². The van der Waals surface area contributed by atoms with Gasteiger partial charge in [-0.3, -0.25) is 9.62 Å². The molecule has 0 spiro atoms. The van der Waals surface area contributed by atoms with Crippen molar-refractivity contribution in [3.05, 3.63) is 29.8 Å². The Labute approximate surface area is 158 Å². The first kappa shape index (κ1) is 20.3. The molecule has 1 fully saturated rings. The normalized spacial score (nSPS) is 18.5. The largest absolute Gasteiger partial charge is 0.516 e. The van der Waals surface area contributed by atoms with Crippen molar-refractivity contribution in [2.45, 2.75) is 34.7 Å². The molecular weight excluding hydrogens is 470 g/mol. The Kier molecular flexibility index (Phi) is 6.22. The number of nitriles is 1. The van der Waals surface area contributed by atoms with Crippen molar-refractivity contribution in [1.82, 2.24) is 4.90 Å². The van der Waals surface area contributed by atoms with E-state index in [9.17, 15) is 21.6 Å². The summed E-state index contributed by atoms with van der Waals surface area (Å²) in [6.07, 6.45) is 2.22. The van der Waals surface area contributed by atoms with Crippen LogP contribution < -0.4 is 4.72 Å². The van der Waals surface area contributed by atoms with Gasteiger partial charge in [-0.15, -0.1) is 0 Å². The first-order chi connectivity index (χ1) is 11.5. The third kappa shape index (κ3) is 5.46. The summed E-state index contributed by atoms with van der Waals surface area (Å²) in [7, 11) is -5.42. The average Bonchev–Trinajstić information content (AvgIpc) is 2.49. The minimum absolute atomic E-state index is 0.0206. The van der Waals surface area contributed by atoms with Gasteiger partial charge in [0, 0.05) is 22.1 Å². The summed E-state index contributed by atoms with van der Waals surface area (Å²) in [6, 6.07) is 8.15. The fourth-order valence-corrected chi connectivity index (χ4v) is 3.84. The molecule has 0 amide bonds. The summed E-state index contributed by atoms with van der Waals surface area (Å²) in [5.41, 5.74) is -4.73. The standard InChI is InChI=1S/C15H17F3IN3O2S/c16-15(17,18)25(23,24)21-13-3-1-2-12(10-13)11-22-8-5-14(19,4-7-20)6-9-22/h1-3,10,21H,4-6,8-9,11H2. The molecule has 1 saturated heterocycles. The molecule has 1 aliphatic rings. The highest BCUT2D eigenvalue weighted by molar-refractivity contribution is 14.1. The minimum Gasteiger partial charge on any atom is -0.299 e. The van der Waals surface area contributed by atoms with Gasteiger partial charge in [0.25, 0.3) is 0 Å². The summed E-state index contributed by atoms with van der Waals surface area (Å²) in [6.45, 7) is 2.08. The van der Waals surface area contributed by atoms with Crippen LogP contribution in [0, 0.1) is 11.3 Å². The van der Waals surface area contributed by atoms with Gasteiger partial charge in [-0.05, 0) is 43.6 Å². The number of piperidine rings is 1. The van der Waals surface area contributed by atoms with E-state index in [-0.39, 0.29) is 9.11 Å². The van der Waals surface area contributed by atoms with E-state index in [1.165, 1.54) is 18.2 Å². The van der Waals surface area contributed by atoms with Crippen LogP contribution in [-0.4, -0.2) is 35.3 Å². The maximum atomic E-state index is 12.4. The first-order valence-corrected chi connectivity index (χ1v) is 10.1. The second-order valence-electron chi connectivity index (χ2n) is 6.01. The number of nitrogens with one attached hydrogen (secondary N) is 1. The highest BCUT2D eigenvalue weighted by Crippen LogP contribution is 2.35. The quantitative estimate of drug-likeness (QED) is 0.509. The molecule has 0 radical (unpaired) electrons. The number of alkyl halides is 4. The topological polar surface area (TPSA) is 73.2 Å². The van der Waals surface area contributed by atoms with Crippen molar-refractivity contribution < 1.29 is 21.6 Å². The smallest absolute Gasteiger partial charge is 0.299 e. The highest BCUT2D eigenvalue weighted by Gasteiger charge is 2.46. The summed E-state index contributed by atoms with van der Waals surface area (Å²) >= 11 is 2.33.